The first kappa shape index (κ1) is 31.2. The standard InChI is InChI=1S/C33H41N3O5/c1-22-14-11-12-19-26(22)34-29(38)28(24-17-13-18-25(37)21-24)36(32(2,3)4)30(39)27(20-23-15-9-8-10-16-23)35-31(40)41-33(5,6)7/h8-19,21,27-28,37H,20H2,1-7H3,(H,34,38)(H,35,40). The van der Waals surface area contributed by atoms with Crippen molar-refractivity contribution in [3.05, 3.63) is 95.6 Å². The molecule has 0 radical (unpaired) electrons. The molecule has 218 valence electrons. The van der Waals surface area contributed by atoms with E-state index in [1.54, 1.807) is 39.0 Å². The molecule has 0 saturated carbocycles. The molecule has 3 aromatic rings. The number of aromatic hydroxyl groups is 1. The first-order chi connectivity index (χ1) is 19.2. The van der Waals surface area contributed by atoms with Gasteiger partial charge in [-0.3, -0.25) is 9.59 Å². The highest BCUT2D eigenvalue weighted by Crippen LogP contribution is 2.33. The van der Waals surface area contributed by atoms with Crippen molar-refractivity contribution in [1.29, 1.82) is 0 Å². The van der Waals surface area contributed by atoms with Gasteiger partial charge >= 0.3 is 6.09 Å². The largest absolute Gasteiger partial charge is 0.508 e. The lowest BCUT2D eigenvalue weighted by atomic mass is 9.94. The van der Waals surface area contributed by atoms with E-state index in [0.717, 1.165) is 11.1 Å². The lowest BCUT2D eigenvalue weighted by Gasteiger charge is -2.43. The molecule has 0 heterocycles. The molecule has 0 aromatic heterocycles. The van der Waals surface area contributed by atoms with Crippen LogP contribution in [-0.4, -0.2) is 45.1 Å². The Morgan fingerprint density at radius 2 is 1.51 bits per heavy atom. The summed E-state index contributed by atoms with van der Waals surface area (Å²) in [5.41, 5.74) is 1.07. The number of anilines is 1. The molecule has 3 aromatic carbocycles. The van der Waals surface area contributed by atoms with Crippen molar-refractivity contribution in [3.8, 4) is 5.75 Å². The summed E-state index contributed by atoms with van der Waals surface area (Å²) in [4.78, 5) is 43.0. The molecule has 3 rings (SSSR count). The lowest BCUT2D eigenvalue weighted by molar-refractivity contribution is -0.146. The zero-order valence-electron chi connectivity index (χ0n) is 24.9. The number of nitrogens with zero attached hydrogens (tertiary/aromatic N) is 1. The van der Waals surface area contributed by atoms with Crippen molar-refractivity contribution in [3.63, 3.8) is 0 Å². The van der Waals surface area contributed by atoms with Crippen LogP contribution in [0.15, 0.2) is 78.9 Å². The molecule has 3 amide bonds. The van der Waals surface area contributed by atoms with E-state index in [2.05, 4.69) is 10.6 Å². The Balaban J connectivity index is 2.11. The fourth-order valence-corrected chi connectivity index (χ4v) is 4.54. The molecule has 0 saturated heterocycles. The van der Waals surface area contributed by atoms with Crippen LogP contribution in [0.1, 0.15) is 64.3 Å². The van der Waals surface area contributed by atoms with Gasteiger partial charge in [0, 0.05) is 17.6 Å². The van der Waals surface area contributed by atoms with Crippen LogP contribution in [-0.2, 0) is 20.7 Å². The van der Waals surface area contributed by atoms with Gasteiger partial charge in [-0.25, -0.2) is 4.79 Å². The summed E-state index contributed by atoms with van der Waals surface area (Å²) in [6, 6.07) is 20.8. The molecule has 2 atom stereocenters. The lowest BCUT2D eigenvalue weighted by Crippen LogP contribution is -2.58. The van der Waals surface area contributed by atoms with Gasteiger partial charge in [-0.2, -0.15) is 0 Å². The number of hydrogen-bond donors (Lipinski definition) is 3. The van der Waals surface area contributed by atoms with Crippen LogP contribution in [0.2, 0.25) is 0 Å². The van der Waals surface area contributed by atoms with Gasteiger partial charge in [-0.1, -0.05) is 60.7 Å². The summed E-state index contributed by atoms with van der Waals surface area (Å²) in [5.74, 6) is -0.963. The van der Waals surface area contributed by atoms with Crippen LogP contribution >= 0.6 is 0 Å². The van der Waals surface area contributed by atoms with E-state index in [0.29, 0.717) is 11.3 Å². The second kappa shape index (κ2) is 12.9. The number of phenolic OH excluding ortho intramolecular Hbond substituents is 1. The van der Waals surface area contributed by atoms with Crippen LogP contribution in [0.5, 0.6) is 5.75 Å². The number of carbonyl (C=O) groups excluding carboxylic acids is 3. The molecular formula is C33H41N3O5. The number of amides is 3. The maximum Gasteiger partial charge on any atom is 0.408 e. The van der Waals surface area contributed by atoms with Gasteiger partial charge in [0.05, 0.1) is 0 Å². The summed E-state index contributed by atoms with van der Waals surface area (Å²) in [6.45, 7) is 12.6. The van der Waals surface area contributed by atoms with Crippen LogP contribution < -0.4 is 10.6 Å². The number of para-hydroxylation sites is 1. The van der Waals surface area contributed by atoms with Gasteiger partial charge in [0.25, 0.3) is 5.91 Å². The maximum absolute atomic E-state index is 14.5. The van der Waals surface area contributed by atoms with E-state index in [-0.39, 0.29) is 12.2 Å². The molecule has 0 aliphatic heterocycles. The third-order valence-electron chi connectivity index (χ3n) is 6.33. The number of carbonyl (C=O) groups is 3. The topological polar surface area (TPSA) is 108 Å². The van der Waals surface area contributed by atoms with Gasteiger partial charge in [-0.15, -0.1) is 0 Å². The van der Waals surface area contributed by atoms with E-state index in [9.17, 15) is 19.5 Å². The minimum absolute atomic E-state index is 0.0368. The van der Waals surface area contributed by atoms with Crippen LogP contribution in [0.25, 0.3) is 0 Å². The molecule has 0 aliphatic rings. The molecular weight excluding hydrogens is 518 g/mol. The molecule has 0 spiro atoms. The minimum Gasteiger partial charge on any atom is -0.508 e. The zero-order chi connectivity index (χ0) is 30.4. The zero-order valence-corrected chi connectivity index (χ0v) is 24.9. The predicted molar refractivity (Wildman–Crippen MR) is 161 cm³/mol. The second-order valence-corrected chi connectivity index (χ2v) is 12.1. The Kier molecular flexibility index (Phi) is 9.81. The van der Waals surface area contributed by atoms with Gasteiger partial charge in [0.15, 0.2) is 0 Å². The summed E-state index contributed by atoms with van der Waals surface area (Å²) in [7, 11) is 0. The first-order valence-corrected chi connectivity index (χ1v) is 13.7. The quantitative estimate of drug-likeness (QED) is 0.307. The highest BCUT2D eigenvalue weighted by atomic mass is 16.6. The van der Waals surface area contributed by atoms with Gasteiger partial charge < -0.3 is 25.4 Å². The van der Waals surface area contributed by atoms with Crippen molar-refractivity contribution in [1.82, 2.24) is 10.2 Å². The molecule has 41 heavy (non-hydrogen) atoms. The fraction of sp³-hybridized carbons (Fsp3) is 0.364. The summed E-state index contributed by atoms with van der Waals surface area (Å²) in [5, 5.41) is 16.0. The molecule has 0 bridgehead atoms. The van der Waals surface area contributed by atoms with Gasteiger partial charge in [0.2, 0.25) is 5.91 Å². The van der Waals surface area contributed by atoms with Crippen LogP contribution in [0.4, 0.5) is 10.5 Å². The van der Waals surface area contributed by atoms with Crippen LogP contribution in [0, 0.1) is 6.92 Å². The van der Waals surface area contributed by atoms with E-state index in [1.165, 1.54) is 17.0 Å². The maximum atomic E-state index is 14.5. The van der Waals surface area contributed by atoms with Gasteiger partial charge in [0.1, 0.15) is 23.4 Å². The number of phenols is 1. The van der Waals surface area contributed by atoms with Gasteiger partial charge in [-0.05, 0) is 83.4 Å². The average Bonchev–Trinajstić information content (AvgIpc) is 2.86. The fourth-order valence-electron chi connectivity index (χ4n) is 4.54. The number of rotatable bonds is 8. The Bertz CT molecular complexity index is 1360. The number of hydrogen-bond acceptors (Lipinski definition) is 5. The summed E-state index contributed by atoms with van der Waals surface area (Å²) >= 11 is 0. The van der Waals surface area contributed by atoms with E-state index in [1.807, 2.05) is 76.2 Å². The minimum atomic E-state index is -1.13. The smallest absolute Gasteiger partial charge is 0.408 e. The second-order valence-electron chi connectivity index (χ2n) is 12.1. The average molecular weight is 560 g/mol. The van der Waals surface area contributed by atoms with Crippen molar-refractivity contribution >= 4 is 23.6 Å². The van der Waals surface area contributed by atoms with Crippen molar-refractivity contribution in [2.45, 2.75) is 78.1 Å². The number of nitrogens with one attached hydrogen (secondary N) is 2. The third kappa shape index (κ3) is 8.83. The molecule has 3 N–H and O–H groups in total. The Morgan fingerprint density at radius 3 is 2.10 bits per heavy atom. The van der Waals surface area contributed by atoms with Crippen molar-refractivity contribution < 1.29 is 24.2 Å². The Hall–Kier alpha value is -4.33. The first-order valence-electron chi connectivity index (χ1n) is 13.7. The molecule has 8 heteroatoms. The number of benzene rings is 3. The van der Waals surface area contributed by atoms with E-state index >= 15 is 0 Å². The Morgan fingerprint density at radius 1 is 0.878 bits per heavy atom. The SMILES string of the molecule is Cc1ccccc1NC(=O)C(c1cccc(O)c1)N(C(=O)C(Cc1ccccc1)NC(=O)OC(C)(C)C)C(C)(C)C. The molecule has 0 aliphatic carbocycles. The molecule has 8 nitrogen and oxygen atoms in total. The Labute approximate surface area is 242 Å². The monoisotopic (exact) mass is 559 g/mol. The normalized spacial score (nSPS) is 13.0. The highest BCUT2D eigenvalue weighted by molar-refractivity contribution is 5.99. The summed E-state index contributed by atoms with van der Waals surface area (Å²) in [6.07, 6.45) is -0.559. The molecule has 2 unspecified atom stereocenters. The van der Waals surface area contributed by atoms with Crippen molar-refractivity contribution in [2.24, 2.45) is 0 Å². The number of alkyl carbamates (subject to hydrolysis) is 1. The van der Waals surface area contributed by atoms with E-state index in [4.69, 9.17) is 4.74 Å². The van der Waals surface area contributed by atoms with E-state index < -0.39 is 41.1 Å². The predicted octanol–water partition coefficient (Wildman–Crippen LogP) is 6.14. The number of aryl methyl sites for hydroxylation is 1. The van der Waals surface area contributed by atoms with Crippen LogP contribution in [0.3, 0.4) is 0 Å². The number of ether oxygens (including phenoxy) is 1. The highest BCUT2D eigenvalue weighted by Gasteiger charge is 2.42. The third-order valence-corrected chi connectivity index (χ3v) is 6.33. The molecule has 0 fully saturated rings. The van der Waals surface area contributed by atoms with Crippen molar-refractivity contribution in [2.75, 3.05) is 5.32 Å². The summed E-state index contributed by atoms with van der Waals surface area (Å²) < 4.78 is 5.49.